The fourth-order valence-corrected chi connectivity index (χ4v) is 4.41. The summed E-state index contributed by atoms with van der Waals surface area (Å²) in [6.07, 6.45) is -3.00. The maximum atomic E-state index is 13.5. The second kappa shape index (κ2) is 9.04. The highest BCUT2D eigenvalue weighted by molar-refractivity contribution is 6.06. The van der Waals surface area contributed by atoms with Crippen molar-refractivity contribution in [3.05, 3.63) is 52.7 Å². The van der Waals surface area contributed by atoms with Gasteiger partial charge in [0.1, 0.15) is 28.4 Å². The maximum absolute atomic E-state index is 13.5. The monoisotopic (exact) mass is 529 g/mol. The van der Waals surface area contributed by atoms with Gasteiger partial charge in [-0.05, 0) is 37.3 Å². The summed E-state index contributed by atoms with van der Waals surface area (Å²) < 4.78 is 50.0. The van der Waals surface area contributed by atoms with Gasteiger partial charge in [-0.3, -0.25) is 9.80 Å². The van der Waals surface area contributed by atoms with Crippen LogP contribution in [-0.2, 0) is 12.7 Å². The number of carbonyl (C=O) groups excluding carboxylic acids is 1. The lowest BCUT2D eigenvalue weighted by Crippen LogP contribution is -2.46. The fraction of sp³-hybridized carbons (Fsp3) is 0.292. The Morgan fingerprint density at radius 1 is 1.03 bits per heavy atom. The molecule has 0 saturated carbocycles. The zero-order chi connectivity index (χ0) is 27.4. The molecule has 38 heavy (non-hydrogen) atoms. The minimum atomic E-state index is -4.52. The molecular weight excluding hydrogens is 507 g/mol. The van der Waals surface area contributed by atoms with Crippen LogP contribution in [0.3, 0.4) is 0 Å². The van der Waals surface area contributed by atoms with Gasteiger partial charge in [0, 0.05) is 36.0 Å². The lowest BCUT2D eigenvalue weighted by molar-refractivity contribution is -0.137. The van der Waals surface area contributed by atoms with Crippen LogP contribution in [0.2, 0.25) is 0 Å². The zero-order valence-corrected chi connectivity index (χ0v) is 21.0. The molecule has 0 aliphatic carbocycles. The van der Waals surface area contributed by atoms with E-state index in [4.69, 9.17) is 14.3 Å². The number of urea groups is 1. The van der Waals surface area contributed by atoms with Crippen LogP contribution in [0.15, 0.2) is 30.5 Å². The lowest BCUT2D eigenvalue weighted by atomic mass is 10.0. The Bertz CT molecular complexity index is 1540. The van der Waals surface area contributed by atoms with Crippen molar-refractivity contribution in [1.82, 2.24) is 25.1 Å². The Morgan fingerprint density at radius 3 is 2.34 bits per heavy atom. The molecule has 0 atom stereocenters. The van der Waals surface area contributed by atoms with Crippen molar-refractivity contribution in [1.29, 1.82) is 0 Å². The Kier molecular flexibility index (Phi) is 5.96. The fourth-order valence-electron chi connectivity index (χ4n) is 4.41. The number of rotatable bonds is 5. The molecular formula is C24H22F3N7O4. The molecule has 4 aromatic rings. The SMILES string of the molecule is COc1cc(OC)c(C)c(N2Cc3cnc(On4nnc5cc(C(F)(F)F)ccc54)nc3N(C)C2=O)c1C. The van der Waals surface area contributed by atoms with E-state index in [1.54, 1.807) is 32.2 Å². The number of halogens is 3. The molecule has 2 aromatic heterocycles. The van der Waals surface area contributed by atoms with E-state index in [0.29, 0.717) is 28.6 Å². The van der Waals surface area contributed by atoms with Gasteiger partial charge < -0.3 is 14.3 Å². The molecule has 5 rings (SSSR count). The summed E-state index contributed by atoms with van der Waals surface area (Å²) >= 11 is 0. The van der Waals surface area contributed by atoms with E-state index >= 15 is 0 Å². The number of hydrogen-bond acceptors (Lipinski definition) is 8. The Morgan fingerprint density at radius 2 is 1.71 bits per heavy atom. The first-order chi connectivity index (χ1) is 18.0. The molecule has 0 N–H and O–H groups in total. The van der Waals surface area contributed by atoms with E-state index in [1.165, 1.54) is 17.2 Å². The van der Waals surface area contributed by atoms with Gasteiger partial charge in [-0.15, -0.1) is 5.10 Å². The van der Waals surface area contributed by atoms with Crippen LogP contribution in [0.5, 0.6) is 17.5 Å². The number of anilines is 2. The van der Waals surface area contributed by atoms with E-state index in [1.807, 2.05) is 13.8 Å². The number of hydrogen-bond donors (Lipinski definition) is 0. The number of nitrogens with zero attached hydrogens (tertiary/aromatic N) is 7. The average molecular weight is 529 g/mol. The van der Waals surface area contributed by atoms with E-state index in [-0.39, 0.29) is 29.6 Å². The van der Waals surface area contributed by atoms with Crippen molar-refractivity contribution >= 4 is 28.6 Å². The largest absolute Gasteiger partial charge is 0.496 e. The van der Waals surface area contributed by atoms with Crippen LogP contribution in [0.25, 0.3) is 11.0 Å². The number of aromatic nitrogens is 5. The number of carbonyl (C=O) groups is 1. The second-order valence-corrected chi connectivity index (χ2v) is 8.56. The molecule has 1 aliphatic heterocycles. The van der Waals surface area contributed by atoms with Crippen molar-refractivity contribution < 1.29 is 32.3 Å². The summed E-state index contributed by atoms with van der Waals surface area (Å²) in [5, 5.41) is 7.48. The Labute approximate surface area is 214 Å². The van der Waals surface area contributed by atoms with Crippen LogP contribution in [-0.4, -0.2) is 52.4 Å². The molecule has 2 amide bonds. The summed E-state index contributed by atoms with van der Waals surface area (Å²) in [5.41, 5.74) is 2.14. The number of amides is 2. The maximum Gasteiger partial charge on any atom is 0.416 e. The minimum absolute atomic E-state index is 0.0137. The summed E-state index contributed by atoms with van der Waals surface area (Å²) in [6.45, 7) is 3.89. The molecule has 2 aromatic carbocycles. The van der Waals surface area contributed by atoms with E-state index in [0.717, 1.165) is 28.1 Å². The second-order valence-electron chi connectivity index (χ2n) is 8.56. The average Bonchev–Trinajstić information content (AvgIpc) is 3.29. The third-order valence-electron chi connectivity index (χ3n) is 6.32. The van der Waals surface area contributed by atoms with Gasteiger partial charge in [-0.25, -0.2) is 9.78 Å². The first kappa shape index (κ1) is 25.0. The standard InChI is InChI=1S/C24H22F3N7O4/c1-12-18(36-4)9-19(37-5)13(2)20(12)33-11-14-10-28-22(29-21(14)32(3)23(33)35)38-34-17-7-6-15(24(25,26)27)8-16(17)30-31-34/h6-10H,11H2,1-5H3. The van der Waals surface area contributed by atoms with Gasteiger partial charge >= 0.3 is 18.2 Å². The lowest BCUT2D eigenvalue weighted by Gasteiger charge is -2.36. The highest BCUT2D eigenvalue weighted by atomic mass is 19.4. The van der Waals surface area contributed by atoms with Crippen LogP contribution >= 0.6 is 0 Å². The third-order valence-corrected chi connectivity index (χ3v) is 6.32. The summed E-state index contributed by atoms with van der Waals surface area (Å²) in [6, 6.07) is 4.21. The Balaban J connectivity index is 1.47. The molecule has 11 nitrogen and oxygen atoms in total. The van der Waals surface area contributed by atoms with Gasteiger partial charge in [-0.1, -0.05) is 4.85 Å². The molecule has 3 heterocycles. The molecule has 14 heteroatoms. The van der Waals surface area contributed by atoms with E-state index < -0.39 is 11.7 Å². The van der Waals surface area contributed by atoms with Gasteiger partial charge in [0.15, 0.2) is 0 Å². The summed E-state index contributed by atoms with van der Waals surface area (Å²) in [5.74, 6) is 1.46. The van der Waals surface area contributed by atoms with Gasteiger partial charge in [0.05, 0.1) is 32.0 Å². The minimum Gasteiger partial charge on any atom is -0.496 e. The van der Waals surface area contributed by atoms with Crippen LogP contribution in [0, 0.1) is 13.8 Å². The number of benzene rings is 2. The highest BCUT2D eigenvalue weighted by Crippen LogP contribution is 2.41. The number of alkyl halides is 3. The molecule has 0 radical (unpaired) electrons. The summed E-state index contributed by atoms with van der Waals surface area (Å²) in [7, 11) is 4.66. The van der Waals surface area contributed by atoms with Gasteiger partial charge in [0.25, 0.3) is 0 Å². The molecule has 0 bridgehead atoms. The predicted molar refractivity (Wildman–Crippen MR) is 130 cm³/mol. The quantitative estimate of drug-likeness (QED) is 0.377. The van der Waals surface area contributed by atoms with Crippen molar-refractivity contribution in [3.63, 3.8) is 0 Å². The zero-order valence-electron chi connectivity index (χ0n) is 21.0. The van der Waals surface area contributed by atoms with Crippen molar-refractivity contribution in [2.75, 3.05) is 31.1 Å². The molecule has 0 fully saturated rings. The number of fused-ring (bicyclic) bond motifs is 2. The molecule has 1 aliphatic rings. The van der Waals surface area contributed by atoms with Crippen LogP contribution < -0.4 is 24.1 Å². The highest BCUT2D eigenvalue weighted by Gasteiger charge is 2.34. The molecule has 0 unspecified atom stereocenters. The smallest absolute Gasteiger partial charge is 0.416 e. The van der Waals surface area contributed by atoms with Gasteiger partial charge in [0.2, 0.25) is 0 Å². The van der Waals surface area contributed by atoms with E-state index in [2.05, 4.69) is 20.3 Å². The van der Waals surface area contributed by atoms with Crippen LogP contribution in [0.4, 0.5) is 29.5 Å². The first-order valence-electron chi connectivity index (χ1n) is 11.3. The van der Waals surface area contributed by atoms with Crippen molar-refractivity contribution in [2.45, 2.75) is 26.6 Å². The van der Waals surface area contributed by atoms with Crippen LogP contribution in [0.1, 0.15) is 22.3 Å². The molecule has 198 valence electrons. The van der Waals surface area contributed by atoms with Crippen molar-refractivity contribution in [2.24, 2.45) is 0 Å². The third kappa shape index (κ3) is 4.07. The number of ether oxygens (including phenoxy) is 2. The van der Waals surface area contributed by atoms with Gasteiger partial charge in [-0.2, -0.15) is 18.2 Å². The Hall–Kier alpha value is -4.62. The van der Waals surface area contributed by atoms with Crippen molar-refractivity contribution in [3.8, 4) is 17.5 Å². The van der Waals surface area contributed by atoms with E-state index in [9.17, 15) is 18.0 Å². The molecule has 0 spiro atoms. The summed E-state index contributed by atoms with van der Waals surface area (Å²) in [4.78, 5) is 31.5. The topological polar surface area (TPSA) is 108 Å². The predicted octanol–water partition coefficient (Wildman–Crippen LogP) is 4.29. The number of methoxy groups -OCH3 is 2. The molecule has 0 saturated heterocycles. The first-order valence-corrected chi connectivity index (χ1v) is 11.3. The normalized spacial score (nSPS) is 13.6.